The van der Waals surface area contributed by atoms with Crippen molar-refractivity contribution in [1.29, 1.82) is 0 Å². The third-order valence-electron chi connectivity index (χ3n) is 2.14. The van der Waals surface area contributed by atoms with E-state index >= 15 is 0 Å². The predicted molar refractivity (Wildman–Crippen MR) is 61.6 cm³/mol. The van der Waals surface area contributed by atoms with Crippen LogP contribution in [0.3, 0.4) is 0 Å². The summed E-state index contributed by atoms with van der Waals surface area (Å²) >= 11 is 3.43. The number of hydrogen-bond donors (Lipinski definition) is 0. The first-order valence-corrected chi connectivity index (χ1v) is 6.10. The molecule has 0 radical (unpaired) electrons. The van der Waals surface area contributed by atoms with Gasteiger partial charge >= 0.3 is 0 Å². The standard InChI is InChI=1S/C10H22BrNO/c1-10(13-3)9-12(2)8-6-4-5-7-11/h10H,4-9H2,1-3H3. The highest BCUT2D eigenvalue weighted by Crippen LogP contribution is 2.01. The summed E-state index contributed by atoms with van der Waals surface area (Å²) in [7, 11) is 3.92. The van der Waals surface area contributed by atoms with Crippen LogP contribution >= 0.6 is 15.9 Å². The molecule has 1 unspecified atom stereocenters. The molecule has 0 heterocycles. The van der Waals surface area contributed by atoms with Crippen LogP contribution in [0.2, 0.25) is 0 Å². The van der Waals surface area contributed by atoms with Crippen LogP contribution < -0.4 is 0 Å². The van der Waals surface area contributed by atoms with Gasteiger partial charge < -0.3 is 9.64 Å². The van der Waals surface area contributed by atoms with Crippen molar-refractivity contribution in [1.82, 2.24) is 4.90 Å². The summed E-state index contributed by atoms with van der Waals surface area (Å²) in [6, 6.07) is 0. The van der Waals surface area contributed by atoms with Crippen LogP contribution in [0.1, 0.15) is 26.2 Å². The van der Waals surface area contributed by atoms with Crippen LogP contribution in [0.4, 0.5) is 0 Å². The molecule has 1 atom stereocenters. The molecule has 80 valence electrons. The number of hydrogen-bond acceptors (Lipinski definition) is 2. The Morgan fingerprint density at radius 3 is 2.54 bits per heavy atom. The van der Waals surface area contributed by atoms with Crippen molar-refractivity contribution >= 4 is 15.9 Å². The van der Waals surface area contributed by atoms with E-state index in [1.54, 1.807) is 7.11 Å². The zero-order valence-corrected chi connectivity index (χ0v) is 10.6. The Morgan fingerprint density at radius 1 is 1.31 bits per heavy atom. The highest BCUT2D eigenvalue weighted by Gasteiger charge is 2.03. The minimum Gasteiger partial charge on any atom is -0.380 e. The molecular formula is C10H22BrNO. The maximum atomic E-state index is 5.20. The molecule has 0 saturated carbocycles. The first-order chi connectivity index (χ1) is 6.20. The Hall–Kier alpha value is 0.400. The number of nitrogens with zero attached hydrogens (tertiary/aromatic N) is 1. The Bertz CT molecular complexity index is 111. The second kappa shape index (κ2) is 8.97. The Balaban J connectivity index is 3.24. The van der Waals surface area contributed by atoms with E-state index in [9.17, 15) is 0 Å². The molecule has 2 nitrogen and oxygen atoms in total. The zero-order chi connectivity index (χ0) is 10.1. The SMILES string of the molecule is COC(C)CN(C)CCCCCBr. The molecule has 0 aromatic carbocycles. The Morgan fingerprint density at radius 2 is 2.00 bits per heavy atom. The van der Waals surface area contributed by atoms with Gasteiger partial charge in [0.2, 0.25) is 0 Å². The number of halogens is 1. The molecule has 0 aromatic heterocycles. The minimum atomic E-state index is 0.348. The molecule has 0 amide bonds. The van der Waals surface area contributed by atoms with E-state index in [-0.39, 0.29) is 0 Å². The molecule has 0 rings (SSSR count). The molecular weight excluding hydrogens is 230 g/mol. The largest absolute Gasteiger partial charge is 0.380 e. The summed E-state index contributed by atoms with van der Waals surface area (Å²) < 4.78 is 5.20. The first kappa shape index (κ1) is 13.4. The molecule has 0 aliphatic rings. The molecule has 3 heteroatoms. The quantitative estimate of drug-likeness (QED) is 0.486. The van der Waals surface area contributed by atoms with Crippen molar-refractivity contribution < 1.29 is 4.74 Å². The van der Waals surface area contributed by atoms with E-state index < -0.39 is 0 Å². The van der Waals surface area contributed by atoms with Gasteiger partial charge in [-0.2, -0.15) is 0 Å². The Labute approximate surface area is 90.8 Å². The van der Waals surface area contributed by atoms with E-state index in [1.165, 1.54) is 25.8 Å². The van der Waals surface area contributed by atoms with Gasteiger partial charge in [-0.15, -0.1) is 0 Å². The molecule has 0 spiro atoms. The Kier molecular flexibility index (Phi) is 9.25. The van der Waals surface area contributed by atoms with E-state index in [1.807, 2.05) is 0 Å². The van der Waals surface area contributed by atoms with Gasteiger partial charge in [-0.1, -0.05) is 22.4 Å². The average Bonchev–Trinajstić information content (AvgIpc) is 2.12. The van der Waals surface area contributed by atoms with Crippen molar-refractivity contribution in [2.45, 2.75) is 32.3 Å². The number of alkyl halides is 1. The van der Waals surface area contributed by atoms with Gasteiger partial charge in [0.1, 0.15) is 0 Å². The summed E-state index contributed by atoms with van der Waals surface area (Å²) in [5.41, 5.74) is 0. The third-order valence-corrected chi connectivity index (χ3v) is 2.71. The van der Waals surface area contributed by atoms with Gasteiger partial charge in [0, 0.05) is 19.0 Å². The number of likely N-dealkylation sites (N-methyl/N-ethyl adjacent to an activating group) is 1. The highest BCUT2D eigenvalue weighted by molar-refractivity contribution is 9.09. The smallest absolute Gasteiger partial charge is 0.0669 e. The zero-order valence-electron chi connectivity index (χ0n) is 9.05. The van der Waals surface area contributed by atoms with Crippen molar-refractivity contribution in [2.75, 3.05) is 32.6 Å². The fraction of sp³-hybridized carbons (Fsp3) is 1.00. The van der Waals surface area contributed by atoms with Gasteiger partial charge in [-0.05, 0) is 33.4 Å². The average molecular weight is 252 g/mol. The summed E-state index contributed by atoms with van der Waals surface area (Å²) in [5.74, 6) is 0. The fourth-order valence-electron chi connectivity index (χ4n) is 1.26. The van der Waals surface area contributed by atoms with Crippen LogP contribution in [-0.4, -0.2) is 43.6 Å². The molecule has 0 saturated heterocycles. The predicted octanol–water partition coefficient (Wildman–Crippen LogP) is 2.52. The molecule has 0 bridgehead atoms. The van der Waals surface area contributed by atoms with Gasteiger partial charge in [0.25, 0.3) is 0 Å². The molecule has 0 aliphatic carbocycles. The first-order valence-electron chi connectivity index (χ1n) is 4.98. The van der Waals surface area contributed by atoms with Gasteiger partial charge in [0.15, 0.2) is 0 Å². The fourth-order valence-corrected chi connectivity index (χ4v) is 1.65. The van der Waals surface area contributed by atoms with Crippen LogP contribution in [0.25, 0.3) is 0 Å². The van der Waals surface area contributed by atoms with Crippen LogP contribution in [0, 0.1) is 0 Å². The molecule has 0 aliphatic heterocycles. The molecule has 0 fully saturated rings. The van der Waals surface area contributed by atoms with Crippen molar-refractivity contribution in [2.24, 2.45) is 0 Å². The molecule has 0 aromatic rings. The summed E-state index contributed by atoms with van der Waals surface area (Å²) in [6.07, 6.45) is 4.24. The van der Waals surface area contributed by atoms with Crippen LogP contribution in [0.15, 0.2) is 0 Å². The second-order valence-electron chi connectivity index (χ2n) is 3.56. The van der Waals surface area contributed by atoms with Crippen molar-refractivity contribution in [3.63, 3.8) is 0 Å². The van der Waals surface area contributed by atoms with Gasteiger partial charge in [-0.3, -0.25) is 0 Å². The third kappa shape index (κ3) is 8.72. The lowest BCUT2D eigenvalue weighted by Gasteiger charge is -2.20. The monoisotopic (exact) mass is 251 g/mol. The minimum absolute atomic E-state index is 0.348. The van der Waals surface area contributed by atoms with Gasteiger partial charge in [0.05, 0.1) is 6.10 Å². The topological polar surface area (TPSA) is 12.5 Å². The van der Waals surface area contributed by atoms with Crippen LogP contribution in [0.5, 0.6) is 0 Å². The number of methoxy groups -OCH3 is 1. The normalized spacial score (nSPS) is 13.6. The van der Waals surface area contributed by atoms with Gasteiger partial charge in [-0.25, -0.2) is 0 Å². The molecule has 13 heavy (non-hydrogen) atoms. The highest BCUT2D eigenvalue weighted by atomic mass is 79.9. The lowest BCUT2D eigenvalue weighted by atomic mass is 10.2. The van der Waals surface area contributed by atoms with Crippen LogP contribution in [-0.2, 0) is 4.74 Å². The maximum Gasteiger partial charge on any atom is 0.0669 e. The number of rotatable bonds is 8. The van der Waals surface area contributed by atoms with E-state index in [0.717, 1.165) is 11.9 Å². The van der Waals surface area contributed by atoms with E-state index in [0.29, 0.717) is 6.10 Å². The van der Waals surface area contributed by atoms with E-state index in [2.05, 4.69) is 34.8 Å². The molecule has 0 N–H and O–H groups in total. The van der Waals surface area contributed by atoms with Crippen molar-refractivity contribution in [3.05, 3.63) is 0 Å². The summed E-state index contributed by atoms with van der Waals surface area (Å²) in [6.45, 7) is 4.32. The number of unbranched alkanes of at least 4 members (excludes halogenated alkanes) is 2. The van der Waals surface area contributed by atoms with Crippen molar-refractivity contribution in [3.8, 4) is 0 Å². The lowest BCUT2D eigenvalue weighted by Crippen LogP contribution is -2.29. The maximum absolute atomic E-state index is 5.20. The lowest BCUT2D eigenvalue weighted by molar-refractivity contribution is 0.0852. The summed E-state index contributed by atoms with van der Waals surface area (Å²) in [4.78, 5) is 2.34. The number of ether oxygens (including phenoxy) is 1. The summed E-state index contributed by atoms with van der Waals surface area (Å²) in [5, 5.41) is 1.13. The van der Waals surface area contributed by atoms with E-state index in [4.69, 9.17) is 4.74 Å². The second-order valence-corrected chi connectivity index (χ2v) is 4.35.